The highest BCUT2D eigenvalue weighted by Crippen LogP contribution is 2.33. The lowest BCUT2D eigenvalue weighted by Crippen LogP contribution is -2.07. The van der Waals surface area contributed by atoms with Crippen LogP contribution in [0.15, 0.2) is 36.4 Å². The maximum atomic E-state index is 11.8. The first kappa shape index (κ1) is 14.9. The van der Waals surface area contributed by atoms with E-state index < -0.39 is 5.97 Å². The first-order chi connectivity index (χ1) is 9.52. The van der Waals surface area contributed by atoms with Gasteiger partial charge < -0.3 is 15.8 Å². The molecule has 4 nitrogen and oxygen atoms in total. The molecule has 2 rings (SSSR count). The standard InChI is InChI=1S/C14H12ClIN2O2/c1-20-14(19)9-6-8(17)7-10(15)13(9)18-12-5-3-2-4-11(12)16/h2-7,18H,17H2,1H3. The van der Waals surface area contributed by atoms with Crippen LogP contribution in [0.5, 0.6) is 0 Å². The lowest BCUT2D eigenvalue weighted by atomic mass is 10.1. The molecular formula is C14H12ClIN2O2. The van der Waals surface area contributed by atoms with Gasteiger partial charge in [-0.15, -0.1) is 0 Å². The van der Waals surface area contributed by atoms with Crippen LogP contribution in [0.2, 0.25) is 5.02 Å². The van der Waals surface area contributed by atoms with E-state index in [9.17, 15) is 4.79 Å². The Morgan fingerprint density at radius 1 is 1.35 bits per heavy atom. The monoisotopic (exact) mass is 402 g/mol. The number of nitrogens with two attached hydrogens (primary N) is 1. The second-order valence-corrected chi connectivity index (χ2v) is 5.59. The van der Waals surface area contributed by atoms with Crippen molar-refractivity contribution < 1.29 is 9.53 Å². The summed E-state index contributed by atoms with van der Waals surface area (Å²) in [5.74, 6) is -0.493. The fraction of sp³-hybridized carbons (Fsp3) is 0.0714. The van der Waals surface area contributed by atoms with Crippen molar-refractivity contribution in [1.29, 1.82) is 0 Å². The SMILES string of the molecule is COC(=O)c1cc(N)cc(Cl)c1Nc1ccccc1I. The highest BCUT2D eigenvalue weighted by Gasteiger charge is 2.17. The molecule has 0 spiro atoms. The minimum atomic E-state index is -0.493. The number of nitrogen functional groups attached to an aromatic ring is 1. The number of ether oxygens (including phenoxy) is 1. The molecule has 0 bridgehead atoms. The average molecular weight is 403 g/mol. The summed E-state index contributed by atoms with van der Waals surface area (Å²) in [6.07, 6.45) is 0. The van der Waals surface area contributed by atoms with Crippen LogP contribution in [0.3, 0.4) is 0 Å². The molecular weight excluding hydrogens is 391 g/mol. The zero-order chi connectivity index (χ0) is 14.7. The minimum absolute atomic E-state index is 0.303. The zero-order valence-corrected chi connectivity index (χ0v) is 13.5. The van der Waals surface area contributed by atoms with Crippen LogP contribution in [-0.4, -0.2) is 13.1 Å². The molecule has 0 saturated heterocycles. The summed E-state index contributed by atoms with van der Waals surface area (Å²) in [5, 5.41) is 3.52. The van der Waals surface area contributed by atoms with Crippen LogP contribution >= 0.6 is 34.2 Å². The van der Waals surface area contributed by atoms with Crippen LogP contribution in [0.25, 0.3) is 0 Å². The highest BCUT2D eigenvalue weighted by molar-refractivity contribution is 14.1. The number of carbonyl (C=O) groups excluding carboxylic acids is 1. The smallest absolute Gasteiger partial charge is 0.340 e. The first-order valence-electron chi connectivity index (χ1n) is 5.72. The topological polar surface area (TPSA) is 64.3 Å². The molecule has 0 radical (unpaired) electrons. The number of esters is 1. The Morgan fingerprint density at radius 3 is 2.70 bits per heavy atom. The van der Waals surface area contributed by atoms with Gasteiger partial charge in [0.05, 0.1) is 29.1 Å². The fourth-order valence-corrected chi connectivity index (χ4v) is 2.52. The lowest BCUT2D eigenvalue weighted by molar-refractivity contribution is 0.0602. The molecule has 6 heteroatoms. The number of anilines is 3. The molecule has 0 saturated carbocycles. The van der Waals surface area contributed by atoms with Crippen molar-refractivity contribution in [2.45, 2.75) is 0 Å². The number of benzene rings is 2. The van der Waals surface area contributed by atoms with Gasteiger partial charge >= 0.3 is 5.97 Å². The van der Waals surface area contributed by atoms with Gasteiger partial charge in [-0.05, 0) is 46.9 Å². The van der Waals surface area contributed by atoms with Crippen molar-refractivity contribution in [3.8, 4) is 0 Å². The normalized spacial score (nSPS) is 10.2. The Labute approximate surface area is 135 Å². The van der Waals surface area contributed by atoms with Gasteiger partial charge in [0.15, 0.2) is 0 Å². The maximum absolute atomic E-state index is 11.8. The number of nitrogens with one attached hydrogen (secondary N) is 1. The zero-order valence-electron chi connectivity index (χ0n) is 10.6. The largest absolute Gasteiger partial charge is 0.465 e. The predicted molar refractivity (Wildman–Crippen MR) is 89.6 cm³/mol. The van der Waals surface area contributed by atoms with Crippen molar-refractivity contribution in [2.75, 3.05) is 18.2 Å². The Hall–Kier alpha value is -1.47. The minimum Gasteiger partial charge on any atom is -0.465 e. The first-order valence-corrected chi connectivity index (χ1v) is 7.17. The molecule has 104 valence electrons. The molecule has 0 aliphatic heterocycles. The van der Waals surface area contributed by atoms with E-state index in [2.05, 4.69) is 27.9 Å². The van der Waals surface area contributed by atoms with Gasteiger partial charge in [-0.3, -0.25) is 0 Å². The summed E-state index contributed by atoms with van der Waals surface area (Å²) in [5.41, 5.74) is 7.77. The van der Waals surface area contributed by atoms with Gasteiger partial charge in [0, 0.05) is 9.26 Å². The van der Waals surface area contributed by atoms with Gasteiger partial charge in [-0.2, -0.15) is 0 Å². The third-order valence-electron chi connectivity index (χ3n) is 2.65. The molecule has 2 aromatic rings. The van der Waals surface area contributed by atoms with E-state index in [1.807, 2.05) is 24.3 Å². The number of rotatable bonds is 3. The van der Waals surface area contributed by atoms with E-state index in [4.69, 9.17) is 22.1 Å². The fourth-order valence-electron chi connectivity index (χ4n) is 1.72. The van der Waals surface area contributed by atoms with E-state index in [0.717, 1.165) is 9.26 Å². The van der Waals surface area contributed by atoms with Gasteiger partial charge in [0.2, 0.25) is 0 Å². The van der Waals surface area contributed by atoms with Crippen molar-refractivity contribution in [3.63, 3.8) is 0 Å². The molecule has 0 unspecified atom stereocenters. The number of hydrogen-bond acceptors (Lipinski definition) is 4. The Morgan fingerprint density at radius 2 is 2.05 bits per heavy atom. The molecule has 0 fully saturated rings. The summed E-state index contributed by atoms with van der Waals surface area (Å²) in [7, 11) is 1.31. The molecule has 3 N–H and O–H groups in total. The third kappa shape index (κ3) is 3.16. The second-order valence-electron chi connectivity index (χ2n) is 4.02. The van der Waals surface area contributed by atoms with E-state index in [0.29, 0.717) is 22.0 Å². The average Bonchev–Trinajstić information content (AvgIpc) is 2.42. The third-order valence-corrected chi connectivity index (χ3v) is 3.89. The number of halogens is 2. The van der Waals surface area contributed by atoms with Crippen molar-refractivity contribution in [3.05, 3.63) is 50.6 Å². The van der Waals surface area contributed by atoms with E-state index in [1.165, 1.54) is 13.2 Å². The van der Waals surface area contributed by atoms with Crippen LogP contribution in [0.4, 0.5) is 17.1 Å². The van der Waals surface area contributed by atoms with Crippen LogP contribution in [0, 0.1) is 3.57 Å². The number of hydrogen-bond donors (Lipinski definition) is 2. The maximum Gasteiger partial charge on any atom is 0.340 e. The Balaban J connectivity index is 2.50. The summed E-state index contributed by atoms with van der Waals surface area (Å²) >= 11 is 8.38. The summed E-state index contributed by atoms with van der Waals surface area (Å²) in [6.45, 7) is 0. The molecule has 0 atom stereocenters. The van der Waals surface area contributed by atoms with Gasteiger partial charge in [0.25, 0.3) is 0 Å². The van der Waals surface area contributed by atoms with Crippen LogP contribution in [-0.2, 0) is 4.74 Å². The summed E-state index contributed by atoms with van der Waals surface area (Å²) < 4.78 is 5.77. The van der Waals surface area contributed by atoms with Gasteiger partial charge in [-0.1, -0.05) is 23.7 Å². The van der Waals surface area contributed by atoms with Crippen molar-refractivity contribution >= 4 is 57.2 Å². The predicted octanol–water partition coefficient (Wildman–Crippen LogP) is 4.06. The second kappa shape index (κ2) is 6.32. The van der Waals surface area contributed by atoms with Crippen molar-refractivity contribution in [1.82, 2.24) is 0 Å². The number of carbonyl (C=O) groups is 1. The van der Waals surface area contributed by atoms with Gasteiger partial charge in [0.1, 0.15) is 0 Å². The molecule has 0 amide bonds. The molecule has 0 heterocycles. The Bertz CT molecular complexity index is 662. The molecule has 2 aromatic carbocycles. The highest BCUT2D eigenvalue weighted by atomic mass is 127. The van der Waals surface area contributed by atoms with Crippen LogP contribution in [0.1, 0.15) is 10.4 Å². The molecule has 0 aliphatic carbocycles. The molecule has 0 aromatic heterocycles. The number of methoxy groups -OCH3 is 1. The summed E-state index contributed by atoms with van der Waals surface area (Å²) in [6, 6.07) is 10.8. The summed E-state index contributed by atoms with van der Waals surface area (Å²) in [4.78, 5) is 11.8. The molecule has 0 aliphatic rings. The van der Waals surface area contributed by atoms with Crippen molar-refractivity contribution in [2.24, 2.45) is 0 Å². The lowest BCUT2D eigenvalue weighted by Gasteiger charge is -2.14. The Kier molecular flexibility index (Phi) is 4.72. The molecule has 20 heavy (non-hydrogen) atoms. The quantitative estimate of drug-likeness (QED) is 0.462. The number of para-hydroxylation sites is 1. The van der Waals surface area contributed by atoms with Crippen LogP contribution < -0.4 is 11.1 Å². The van der Waals surface area contributed by atoms with E-state index in [-0.39, 0.29) is 0 Å². The van der Waals surface area contributed by atoms with E-state index >= 15 is 0 Å². The van der Waals surface area contributed by atoms with E-state index in [1.54, 1.807) is 6.07 Å². The van der Waals surface area contributed by atoms with Gasteiger partial charge in [-0.25, -0.2) is 4.79 Å².